The van der Waals surface area contributed by atoms with Gasteiger partial charge in [-0.2, -0.15) is 0 Å². The van der Waals surface area contributed by atoms with Gasteiger partial charge < -0.3 is 15.7 Å². The fourth-order valence-corrected chi connectivity index (χ4v) is 1.67. The fraction of sp³-hybridized carbons (Fsp3) is 0.438. The van der Waals surface area contributed by atoms with E-state index in [-0.39, 0.29) is 17.9 Å². The summed E-state index contributed by atoms with van der Waals surface area (Å²) in [6, 6.07) is 5.55. The lowest BCUT2D eigenvalue weighted by atomic mass is 9.95. The maximum atomic E-state index is 12.2. The monoisotopic (exact) mass is 306 g/mol. The molecule has 1 aromatic carbocycles. The van der Waals surface area contributed by atoms with Crippen molar-refractivity contribution in [3.63, 3.8) is 0 Å². The zero-order valence-corrected chi connectivity index (χ0v) is 13.3. The Kier molecular flexibility index (Phi) is 5.68. The van der Waals surface area contributed by atoms with E-state index in [1.54, 1.807) is 52.0 Å². The van der Waals surface area contributed by atoms with Crippen LogP contribution < -0.4 is 10.6 Å². The fourth-order valence-electron chi connectivity index (χ4n) is 1.67. The molecule has 0 aliphatic carbocycles. The molecule has 0 bridgehead atoms. The number of benzene rings is 1. The third-order valence-corrected chi connectivity index (χ3v) is 3.11. The van der Waals surface area contributed by atoms with Crippen LogP contribution in [0.4, 0.5) is 5.69 Å². The molecule has 1 rings (SSSR count). The summed E-state index contributed by atoms with van der Waals surface area (Å²) in [4.78, 5) is 35.3. The quantitative estimate of drug-likeness (QED) is 0.777. The molecule has 1 aromatic rings. The summed E-state index contributed by atoms with van der Waals surface area (Å²) in [5.74, 6) is -1.84. The Hall–Kier alpha value is -2.37. The molecular formula is C16H22N2O4. The molecule has 120 valence electrons. The van der Waals surface area contributed by atoms with Gasteiger partial charge in [0.05, 0.1) is 11.3 Å². The van der Waals surface area contributed by atoms with Crippen LogP contribution in [0, 0.1) is 5.41 Å². The molecule has 2 amide bonds. The van der Waals surface area contributed by atoms with E-state index in [1.165, 1.54) is 0 Å². The van der Waals surface area contributed by atoms with Crippen LogP contribution in [-0.2, 0) is 9.59 Å². The minimum Gasteiger partial charge on any atom is -0.480 e. The molecule has 3 N–H and O–H groups in total. The summed E-state index contributed by atoms with van der Waals surface area (Å²) >= 11 is 0. The Balaban J connectivity index is 2.99. The zero-order chi connectivity index (χ0) is 16.9. The lowest BCUT2D eigenvalue weighted by molar-refractivity contribution is -0.139. The number of rotatable bonds is 5. The van der Waals surface area contributed by atoms with Gasteiger partial charge >= 0.3 is 5.97 Å². The first kappa shape index (κ1) is 17.7. The average molecular weight is 306 g/mol. The Labute approximate surface area is 129 Å². The third kappa shape index (κ3) is 4.58. The molecule has 0 spiro atoms. The number of hydrogen-bond donors (Lipinski definition) is 3. The molecule has 0 saturated carbocycles. The molecule has 0 heterocycles. The highest BCUT2D eigenvalue weighted by Crippen LogP contribution is 2.20. The van der Waals surface area contributed by atoms with E-state index in [9.17, 15) is 14.4 Å². The molecule has 0 fully saturated rings. The van der Waals surface area contributed by atoms with Crippen LogP contribution in [0.5, 0.6) is 0 Å². The molecular weight excluding hydrogens is 284 g/mol. The molecule has 22 heavy (non-hydrogen) atoms. The molecule has 0 aliphatic rings. The first-order valence-electron chi connectivity index (χ1n) is 7.11. The van der Waals surface area contributed by atoms with Crippen molar-refractivity contribution in [3.8, 4) is 0 Å². The van der Waals surface area contributed by atoms with Crippen LogP contribution >= 0.6 is 0 Å². The lowest BCUT2D eigenvalue weighted by Gasteiger charge is -2.20. The van der Waals surface area contributed by atoms with Crippen LogP contribution in [0.1, 0.15) is 44.5 Å². The number of amides is 2. The second kappa shape index (κ2) is 7.06. The molecule has 0 aromatic heterocycles. The molecule has 0 aliphatic heterocycles. The van der Waals surface area contributed by atoms with E-state index in [0.29, 0.717) is 5.69 Å². The second-order valence-electron chi connectivity index (χ2n) is 6.02. The number of aliphatic carboxylic acids is 1. The highest BCUT2D eigenvalue weighted by atomic mass is 16.4. The number of carboxylic acids is 1. The highest BCUT2D eigenvalue weighted by Gasteiger charge is 2.24. The summed E-state index contributed by atoms with van der Waals surface area (Å²) in [5.41, 5.74) is -0.00340. The number of carboxylic acid groups (broad SMARTS) is 1. The van der Waals surface area contributed by atoms with E-state index in [1.807, 2.05) is 0 Å². The largest absolute Gasteiger partial charge is 0.480 e. The van der Waals surface area contributed by atoms with E-state index in [0.717, 1.165) is 0 Å². The number of nitrogens with one attached hydrogen (secondary N) is 2. The molecule has 6 nitrogen and oxygen atoms in total. The van der Waals surface area contributed by atoms with Gasteiger partial charge in [0.25, 0.3) is 5.91 Å². The van der Waals surface area contributed by atoms with Gasteiger partial charge in [-0.05, 0) is 18.6 Å². The number of para-hydroxylation sites is 1. The maximum absolute atomic E-state index is 12.2. The third-order valence-electron chi connectivity index (χ3n) is 3.11. The second-order valence-corrected chi connectivity index (χ2v) is 6.02. The van der Waals surface area contributed by atoms with Crippen molar-refractivity contribution in [3.05, 3.63) is 29.8 Å². The minimum absolute atomic E-state index is 0.224. The Morgan fingerprint density at radius 3 is 2.27 bits per heavy atom. The smallest absolute Gasteiger partial charge is 0.326 e. The van der Waals surface area contributed by atoms with Gasteiger partial charge in [0.1, 0.15) is 6.04 Å². The predicted octanol–water partition coefficient (Wildman–Crippen LogP) is 2.26. The summed E-state index contributed by atoms with van der Waals surface area (Å²) in [6.45, 7) is 6.97. The van der Waals surface area contributed by atoms with Crippen LogP contribution in [0.15, 0.2) is 24.3 Å². The van der Waals surface area contributed by atoms with Crippen molar-refractivity contribution in [2.45, 2.75) is 40.2 Å². The first-order valence-corrected chi connectivity index (χ1v) is 7.11. The van der Waals surface area contributed by atoms with Crippen molar-refractivity contribution in [2.24, 2.45) is 5.41 Å². The van der Waals surface area contributed by atoms with E-state index >= 15 is 0 Å². The van der Waals surface area contributed by atoms with Gasteiger partial charge in [-0.1, -0.05) is 39.8 Å². The highest BCUT2D eigenvalue weighted by molar-refractivity contribution is 6.05. The van der Waals surface area contributed by atoms with E-state index in [2.05, 4.69) is 10.6 Å². The summed E-state index contributed by atoms with van der Waals surface area (Å²) in [5, 5.41) is 14.2. The molecule has 1 unspecified atom stereocenters. The zero-order valence-electron chi connectivity index (χ0n) is 13.3. The number of anilines is 1. The van der Waals surface area contributed by atoms with Crippen molar-refractivity contribution < 1.29 is 19.5 Å². The maximum Gasteiger partial charge on any atom is 0.326 e. The van der Waals surface area contributed by atoms with Gasteiger partial charge in [0.15, 0.2) is 0 Å². The number of carbonyl (C=O) groups excluding carboxylic acids is 2. The molecule has 0 radical (unpaired) electrons. The van der Waals surface area contributed by atoms with Crippen LogP contribution in [0.2, 0.25) is 0 Å². The Morgan fingerprint density at radius 1 is 1.18 bits per heavy atom. The SMILES string of the molecule is CCC(NC(=O)c1ccccc1NC(=O)C(C)(C)C)C(=O)O. The van der Waals surface area contributed by atoms with Gasteiger partial charge in [0, 0.05) is 5.41 Å². The normalized spacial score (nSPS) is 12.4. The molecule has 1 atom stereocenters. The standard InChI is InChI=1S/C16H22N2O4/c1-5-11(14(20)21)17-13(19)10-8-6-7-9-12(10)18-15(22)16(2,3)4/h6-9,11H,5H2,1-4H3,(H,17,19)(H,18,22)(H,20,21). The van der Waals surface area contributed by atoms with Gasteiger partial charge in [-0.25, -0.2) is 4.79 Å². The Morgan fingerprint density at radius 2 is 1.77 bits per heavy atom. The number of carbonyl (C=O) groups is 3. The van der Waals surface area contributed by atoms with Crippen molar-refractivity contribution in [1.82, 2.24) is 5.32 Å². The van der Waals surface area contributed by atoms with Crippen molar-refractivity contribution in [2.75, 3.05) is 5.32 Å². The topological polar surface area (TPSA) is 95.5 Å². The minimum atomic E-state index is -1.09. The Bertz CT molecular complexity index is 576. The summed E-state index contributed by atoms with van der Waals surface area (Å²) in [6.07, 6.45) is 0.275. The number of hydrogen-bond acceptors (Lipinski definition) is 3. The van der Waals surface area contributed by atoms with Gasteiger partial charge in [-0.3, -0.25) is 9.59 Å². The molecule has 0 saturated heterocycles. The van der Waals surface area contributed by atoms with Gasteiger partial charge in [-0.15, -0.1) is 0 Å². The van der Waals surface area contributed by atoms with E-state index in [4.69, 9.17) is 5.11 Å². The average Bonchev–Trinajstić information content (AvgIpc) is 2.43. The first-order chi connectivity index (χ1) is 10.2. The van der Waals surface area contributed by atoms with E-state index < -0.39 is 23.3 Å². The van der Waals surface area contributed by atoms with Gasteiger partial charge in [0.2, 0.25) is 5.91 Å². The van der Waals surface area contributed by atoms with Crippen LogP contribution in [0.25, 0.3) is 0 Å². The lowest BCUT2D eigenvalue weighted by Crippen LogP contribution is -2.40. The summed E-state index contributed by atoms with van der Waals surface area (Å²) in [7, 11) is 0. The molecule has 6 heteroatoms. The van der Waals surface area contributed by atoms with Crippen LogP contribution in [-0.4, -0.2) is 28.9 Å². The van der Waals surface area contributed by atoms with Crippen molar-refractivity contribution in [1.29, 1.82) is 0 Å². The van der Waals surface area contributed by atoms with Crippen molar-refractivity contribution >= 4 is 23.5 Å². The van der Waals surface area contributed by atoms with Crippen LogP contribution in [0.3, 0.4) is 0 Å². The summed E-state index contributed by atoms with van der Waals surface area (Å²) < 4.78 is 0. The predicted molar refractivity (Wildman–Crippen MR) is 83.7 cm³/mol.